The number of carbonyl (C=O) groups is 1. The maximum Gasteiger partial charge on any atom is 0.253 e. The molecule has 0 aliphatic rings. The third-order valence-electron chi connectivity index (χ3n) is 2.96. The first-order valence-corrected chi connectivity index (χ1v) is 7.16. The second-order valence-corrected chi connectivity index (χ2v) is 5.87. The molecule has 0 radical (unpaired) electrons. The van der Waals surface area contributed by atoms with Crippen LogP contribution in [0.5, 0.6) is 0 Å². The predicted octanol–water partition coefficient (Wildman–Crippen LogP) is 2.55. The highest BCUT2D eigenvalue weighted by atomic mass is 35.5. The van der Waals surface area contributed by atoms with Crippen LogP contribution in [0.25, 0.3) is 0 Å². The van der Waals surface area contributed by atoms with E-state index in [1.807, 2.05) is 13.8 Å². The van der Waals surface area contributed by atoms with Gasteiger partial charge in [-0.2, -0.15) is 0 Å². The van der Waals surface area contributed by atoms with E-state index < -0.39 is 18.1 Å². The van der Waals surface area contributed by atoms with Gasteiger partial charge in [-0.3, -0.25) is 4.79 Å². The van der Waals surface area contributed by atoms with Gasteiger partial charge in [-0.1, -0.05) is 37.0 Å². The van der Waals surface area contributed by atoms with E-state index in [2.05, 4.69) is 5.32 Å². The summed E-state index contributed by atoms with van der Waals surface area (Å²) in [6.45, 7) is 4.09. The van der Waals surface area contributed by atoms with E-state index in [-0.39, 0.29) is 5.92 Å². The van der Waals surface area contributed by atoms with Gasteiger partial charge in [0.05, 0.1) is 6.10 Å². The zero-order chi connectivity index (χ0) is 15.3. The number of aliphatic hydroxyl groups is 2. The monoisotopic (exact) mass is 319 g/mol. The van der Waals surface area contributed by atoms with Crippen molar-refractivity contribution in [1.29, 1.82) is 0 Å². The summed E-state index contributed by atoms with van der Waals surface area (Å²) in [5.74, 6) is -0.414. The minimum absolute atomic E-state index is 0.128. The van der Waals surface area contributed by atoms with E-state index in [1.54, 1.807) is 0 Å². The van der Waals surface area contributed by atoms with Crippen LogP contribution < -0.4 is 5.32 Å². The van der Waals surface area contributed by atoms with Crippen LogP contribution in [0.2, 0.25) is 10.0 Å². The third kappa shape index (κ3) is 5.29. The summed E-state index contributed by atoms with van der Waals surface area (Å²) >= 11 is 11.6. The average Bonchev–Trinajstić information content (AvgIpc) is 2.36. The van der Waals surface area contributed by atoms with Crippen LogP contribution in [0.4, 0.5) is 0 Å². The van der Waals surface area contributed by atoms with Crippen LogP contribution in [0.1, 0.15) is 31.9 Å². The van der Waals surface area contributed by atoms with Crippen molar-refractivity contribution in [3.05, 3.63) is 33.8 Å². The van der Waals surface area contributed by atoms with Crippen molar-refractivity contribution in [2.45, 2.75) is 32.5 Å². The normalized spacial score (nSPS) is 14.2. The Morgan fingerprint density at radius 1 is 1.20 bits per heavy atom. The lowest BCUT2D eigenvalue weighted by Gasteiger charge is -2.16. The van der Waals surface area contributed by atoms with E-state index in [4.69, 9.17) is 23.2 Å². The number of carbonyl (C=O) groups excluding carboxylic acids is 1. The summed E-state index contributed by atoms with van der Waals surface area (Å²) in [5, 5.41) is 22.8. The van der Waals surface area contributed by atoms with Crippen molar-refractivity contribution in [2.75, 3.05) is 6.54 Å². The molecule has 0 spiro atoms. The quantitative estimate of drug-likeness (QED) is 0.754. The Labute approximate surface area is 128 Å². The van der Waals surface area contributed by atoms with Gasteiger partial charge in [-0.15, -0.1) is 0 Å². The second kappa shape index (κ2) is 7.84. The van der Waals surface area contributed by atoms with Crippen molar-refractivity contribution in [3.8, 4) is 0 Å². The van der Waals surface area contributed by atoms with Gasteiger partial charge in [0.25, 0.3) is 5.91 Å². The maximum atomic E-state index is 11.8. The Morgan fingerprint density at radius 3 is 2.25 bits per heavy atom. The van der Waals surface area contributed by atoms with Crippen molar-refractivity contribution < 1.29 is 15.0 Å². The Hall–Kier alpha value is -0.810. The number of rotatable bonds is 6. The van der Waals surface area contributed by atoms with Crippen LogP contribution in [0, 0.1) is 5.92 Å². The number of halogens is 2. The standard InChI is InChI=1S/C14H19Cl2NO3/c1-8(2)12(18)3-4-17-14(20)13(19)9-5-10(15)7-11(16)6-9/h5-8,12-13,18-19H,3-4H2,1-2H3,(H,17,20). The number of aliphatic hydroxyl groups excluding tert-OH is 2. The molecule has 1 aromatic carbocycles. The zero-order valence-electron chi connectivity index (χ0n) is 11.4. The lowest BCUT2D eigenvalue weighted by molar-refractivity contribution is -0.129. The molecule has 6 heteroatoms. The van der Waals surface area contributed by atoms with E-state index >= 15 is 0 Å². The zero-order valence-corrected chi connectivity index (χ0v) is 12.9. The topological polar surface area (TPSA) is 69.6 Å². The number of amides is 1. The van der Waals surface area contributed by atoms with Gasteiger partial charge in [0.15, 0.2) is 6.10 Å². The second-order valence-electron chi connectivity index (χ2n) is 5.00. The summed E-state index contributed by atoms with van der Waals surface area (Å²) in [6, 6.07) is 4.50. The van der Waals surface area contributed by atoms with Gasteiger partial charge in [0.2, 0.25) is 0 Å². The summed E-state index contributed by atoms with van der Waals surface area (Å²) in [6.07, 6.45) is -1.37. The van der Waals surface area contributed by atoms with Crippen molar-refractivity contribution in [2.24, 2.45) is 5.92 Å². The molecular formula is C14H19Cl2NO3. The molecule has 0 heterocycles. The molecule has 1 aromatic rings. The molecule has 1 amide bonds. The van der Waals surface area contributed by atoms with Crippen LogP contribution >= 0.6 is 23.2 Å². The molecule has 3 N–H and O–H groups in total. The van der Waals surface area contributed by atoms with E-state index in [9.17, 15) is 15.0 Å². The van der Waals surface area contributed by atoms with Crippen LogP contribution in [0.3, 0.4) is 0 Å². The SMILES string of the molecule is CC(C)C(O)CCNC(=O)C(O)c1cc(Cl)cc(Cl)c1. The summed E-state index contributed by atoms with van der Waals surface area (Å²) in [4.78, 5) is 11.8. The van der Waals surface area contributed by atoms with Crippen LogP contribution in [-0.4, -0.2) is 28.8 Å². The summed E-state index contributed by atoms with van der Waals surface area (Å²) in [5.41, 5.74) is 0.337. The molecular weight excluding hydrogens is 301 g/mol. The smallest absolute Gasteiger partial charge is 0.253 e. The Kier molecular flexibility index (Phi) is 6.76. The molecule has 0 bridgehead atoms. The molecule has 20 heavy (non-hydrogen) atoms. The fraction of sp³-hybridized carbons (Fsp3) is 0.500. The minimum Gasteiger partial charge on any atom is -0.393 e. The van der Waals surface area contributed by atoms with E-state index in [0.717, 1.165) is 0 Å². The van der Waals surface area contributed by atoms with Gasteiger partial charge in [-0.25, -0.2) is 0 Å². The fourth-order valence-electron chi connectivity index (χ4n) is 1.66. The molecule has 0 aliphatic carbocycles. The Balaban J connectivity index is 2.54. The Morgan fingerprint density at radius 2 is 1.75 bits per heavy atom. The molecule has 0 aromatic heterocycles. The van der Waals surface area contributed by atoms with Gasteiger partial charge >= 0.3 is 0 Å². The maximum absolute atomic E-state index is 11.8. The molecule has 1 rings (SSSR count). The highest BCUT2D eigenvalue weighted by molar-refractivity contribution is 6.34. The predicted molar refractivity (Wildman–Crippen MR) is 79.9 cm³/mol. The van der Waals surface area contributed by atoms with E-state index in [0.29, 0.717) is 28.6 Å². The molecule has 2 atom stereocenters. The Bertz CT molecular complexity index is 445. The molecule has 4 nitrogen and oxygen atoms in total. The highest BCUT2D eigenvalue weighted by Crippen LogP contribution is 2.23. The number of hydrogen-bond donors (Lipinski definition) is 3. The molecule has 0 aliphatic heterocycles. The summed E-state index contributed by atoms with van der Waals surface area (Å²) in [7, 11) is 0. The van der Waals surface area contributed by atoms with E-state index in [1.165, 1.54) is 18.2 Å². The largest absolute Gasteiger partial charge is 0.393 e. The fourth-order valence-corrected chi connectivity index (χ4v) is 2.20. The molecule has 0 saturated heterocycles. The first-order valence-electron chi connectivity index (χ1n) is 6.41. The van der Waals surface area contributed by atoms with Crippen molar-refractivity contribution in [1.82, 2.24) is 5.32 Å². The van der Waals surface area contributed by atoms with Gasteiger partial charge in [0, 0.05) is 16.6 Å². The first kappa shape index (κ1) is 17.2. The van der Waals surface area contributed by atoms with Crippen LogP contribution in [-0.2, 0) is 4.79 Å². The number of nitrogens with one attached hydrogen (secondary N) is 1. The molecule has 0 fully saturated rings. The summed E-state index contributed by atoms with van der Waals surface area (Å²) < 4.78 is 0. The third-order valence-corrected chi connectivity index (χ3v) is 3.39. The van der Waals surface area contributed by atoms with Gasteiger partial charge < -0.3 is 15.5 Å². The lowest BCUT2D eigenvalue weighted by atomic mass is 10.0. The van der Waals surface area contributed by atoms with Gasteiger partial charge in [0.1, 0.15) is 0 Å². The minimum atomic E-state index is -1.33. The molecule has 112 valence electrons. The number of benzene rings is 1. The highest BCUT2D eigenvalue weighted by Gasteiger charge is 2.18. The molecule has 0 saturated carbocycles. The lowest BCUT2D eigenvalue weighted by Crippen LogP contribution is -2.32. The van der Waals surface area contributed by atoms with Crippen molar-refractivity contribution in [3.63, 3.8) is 0 Å². The first-order chi connectivity index (χ1) is 9.31. The average molecular weight is 320 g/mol. The number of hydrogen-bond acceptors (Lipinski definition) is 3. The van der Waals surface area contributed by atoms with Crippen LogP contribution in [0.15, 0.2) is 18.2 Å². The van der Waals surface area contributed by atoms with Gasteiger partial charge in [-0.05, 0) is 36.1 Å². The van der Waals surface area contributed by atoms with Crippen molar-refractivity contribution >= 4 is 29.1 Å². The molecule has 2 unspecified atom stereocenters.